The zero-order chi connectivity index (χ0) is 20.3. The van der Waals surface area contributed by atoms with Gasteiger partial charge in [0, 0.05) is 12.2 Å². The quantitative estimate of drug-likeness (QED) is 0.470. The number of benzene rings is 1. The molecule has 6 nitrogen and oxygen atoms in total. The lowest BCUT2D eigenvalue weighted by molar-refractivity contribution is -0.119. The van der Waals surface area contributed by atoms with Crippen molar-refractivity contribution < 1.29 is 4.79 Å². The maximum atomic E-state index is 12.9. The van der Waals surface area contributed by atoms with Gasteiger partial charge in [-0.2, -0.15) is 0 Å². The van der Waals surface area contributed by atoms with E-state index < -0.39 is 0 Å². The maximum absolute atomic E-state index is 12.9. The van der Waals surface area contributed by atoms with Crippen LogP contribution in [0.15, 0.2) is 46.3 Å². The lowest BCUT2D eigenvalue weighted by Crippen LogP contribution is -2.29. The van der Waals surface area contributed by atoms with Crippen LogP contribution in [0.4, 0.5) is 0 Å². The normalized spacial score (nSPS) is 12.5. The van der Waals surface area contributed by atoms with Crippen LogP contribution in [0, 0.1) is 12.8 Å². The number of hydrogen-bond acceptors (Lipinski definition) is 4. The van der Waals surface area contributed by atoms with E-state index in [0.29, 0.717) is 28.7 Å². The Hall–Kier alpha value is -2.54. The Bertz CT molecular complexity index is 1020. The zero-order valence-corrected chi connectivity index (χ0v) is 17.5. The van der Waals surface area contributed by atoms with Crippen LogP contribution >= 0.6 is 11.8 Å². The molecule has 0 aliphatic rings. The first-order valence-electron chi connectivity index (χ1n) is 9.42. The fourth-order valence-corrected chi connectivity index (χ4v) is 3.91. The summed E-state index contributed by atoms with van der Waals surface area (Å²) in [5.74, 6) is 0.410. The number of carbonyl (C=O) groups excluding carboxylic acids is 1. The van der Waals surface area contributed by atoms with Gasteiger partial charge in [0.05, 0.1) is 17.3 Å². The highest BCUT2D eigenvalue weighted by Gasteiger charge is 2.16. The summed E-state index contributed by atoms with van der Waals surface area (Å²) < 4.78 is 1.67. The fourth-order valence-electron chi connectivity index (χ4n) is 3.09. The lowest BCUT2D eigenvalue weighted by Gasteiger charge is -2.16. The molecule has 0 saturated heterocycles. The van der Waals surface area contributed by atoms with Crippen LogP contribution in [0.1, 0.15) is 38.1 Å². The molecular formula is C21H26N4O2S. The second-order valence-electron chi connectivity index (χ2n) is 7.41. The molecule has 1 unspecified atom stereocenters. The summed E-state index contributed by atoms with van der Waals surface area (Å²) in [6.45, 7) is 8.53. The summed E-state index contributed by atoms with van der Waals surface area (Å²) in [4.78, 5) is 33.0. The van der Waals surface area contributed by atoms with Gasteiger partial charge in [0.1, 0.15) is 5.52 Å². The number of fused-ring (bicyclic) bond motifs is 1. The van der Waals surface area contributed by atoms with E-state index in [2.05, 4.69) is 29.1 Å². The Morgan fingerprint density at radius 3 is 2.64 bits per heavy atom. The van der Waals surface area contributed by atoms with E-state index in [4.69, 9.17) is 0 Å². The van der Waals surface area contributed by atoms with Crippen molar-refractivity contribution in [2.75, 3.05) is 5.75 Å². The van der Waals surface area contributed by atoms with Crippen LogP contribution in [0.2, 0.25) is 0 Å². The molecule has 7 heteroatoms. The molecule has 0 fully saturated rings. The summed E-state index contributed by atoms with van der Waals surface area (Å²) in [5, 5.41) is 3.58. The van der Waals surface area contributed by atoms with Gasteiger partial charge < -0.3 is 10.3 Å². The Labute approximate surface area is 168 Å². The molecule has 0 aliphatic heterocycles. The summed E-state index contributed by atoms with van der Waals surface area (Å²) in [7, 11) is 0. The van der Waals surface area contributed by atoms with Gasteiger partial charge in [0.25, 0.3) is 5.56 Å². The number of aromatic amines is 1. The third-order valence-corrected chi connectivity index (χ3v) is 5.37. The van der Waals surface area contributed by atoms with Gasteiger partial charge in [-0.25, -0.2) is 4.98 Å². The molecule has 2 N–H and O–H groups in total. The van der Waals surface area contributed by atoms with Crippen molar-refractivity contribution in [3.8, 4) is 0 Å². The van der Waals surface area contributed by atoms with E-state index in [1.807, 2.05) is 50.2 Å². The number of rotatable bonds is 7. The predicted molar refractivity (Wildman–Crippen MR) is 114 cm³/mol. The minimum absolute atomic E-state index is 0.0741. The average molecular weight is 399 g/mol. The minimum atomic E-state index is -0.0904. The molecular weight excluding hydrogens is 372 g/mol. The average Bonchev–Trinajstić information content (AvgIpc) is 3.03. The van der Waals surface area contributed by atoms with Gasteiger partial charge in [-0.15, -0.1) is 0 Å². The van der Waals surface area contributed by atoms with Crippen LogP contribution in [0.25, 0.3) is 11.0 Å². The van der Waals surface area contributed by atoms with Crippen molar-refractivity contribution in [1.82, 2.24) is 19.9 Å². The highest BCUT2D eigenvalue weighted by atomic mass is 32.2. The van der Waals surface area contributed by atoms with Crippen LogP contribution in [-0.2, 0) is 11.3 Å². The topological polar surface area (TPSA) is 79.8 Å². The summed E-state index contributed by atoms with van der Waals surface area (Å²) in [5.41, 5.74) is 3.02. The number of carbonyl (C=O) groups is 1. The number of thioether (sulfide) groups is 1. The highest BCUT2D eigenvalue weighted by Crippen LogP contribution is 2.20. The molecule has 2 aromatic heterocycles. The molecule has 0 aliphatic carbocycles. The smallest absolute Gasteiger partial charge is 0.278 e. The fraction of sp³-hybridized carbons (Fsp3) is 0.381. The van der Waals surface area contributed by atoms with Crippen molar-refractivity contribution >= 4 is 28.7 Å². The predicted octanol–water partition coefficient (Wildman–Crippen LogP) is 3.66. The number of aryl methyl sites for hydroxylation is 1. The highest BCUT2D eigenvalue weighted by molar-refractivity contribution is 7.99. The van der Waals surface area contributed by atoms with Gasteiger partial charge in [-0.3, -0.25) is 14.2 Å². The van der Waals surface area contributed by atoms with E-state index >= 15 is 0 Å². The summed E-state index contributed by atoms with van der Waals surface area (Å²) in [6, 6.07) is 11.6. The van der Waals surface area contributed by atoms with Crippen molar-refractivity contribution in [2.24, 2.45) is 5.92 Å². The molecule has 1 amide bonds. The number of nitrogens with one attached hydrogen (secondary N) is 2. The number of nitrogens with zero attached hydrogens (tertiary/aromatic N) is 2. The monoisotopic (exact) mass is 398 g/mol. The molecule has 0 radical (unpaired) electrons. The molecule has 0 bridgehead atoms. The van der Waals surface area contributed by atoms with Crippen LogP contribution < -0.4 is 10.9 Å². The second-order valence-corrected chi connectivity index (χ2v) is 8.35. The number of aromatic nitrogens is 3. The minimum Gasteiger partial charge on any atom is -0.353 e. The van der Waals surface area contributed by atoms with E-state index in [-0.39, 0.29) is 23.3 Å². The second kappa shape index (κ2) is 8.65. The van der Waals surface area contributed by atoms with E-state index in [1.54, 1.807) is 4.57 Å². The molecule has 1 atom stereocenters. The summed E-state index contributed by atoms with van der Waals surface area (Å²) in [6.07, 6.45) is 0. The lowest BCUT2D eigenvalue weighted by atomic mass is 10.1. The third kappa shape index (κ3) is 4.65. The molecule has 2 heterocycles. The maximum Gasteiger partial charge on any atom is 0.278 e. The van der Waals surface area contributed by atoms with Gasteiger partial charge >= 0.3 is 0 Å². The van der Waals surface area contributed by atoms with Crippen molar-refractivity contribution in [3.05, 3.63) is 58.0 Å². The Morgan fingerprint density at radius 1 is 1.25 bits per heavy atom. The van der Waals surface area contributed by atoms with Gasteiger partial charge in [-0.1, -0.05) is 55.9 Å². The summed E-state index contributed by atoms with van der Waals surface area (Å²) >= 11 is 1.30. The third-order valence-electron chi connectivity index (χ3n) is 4.39. The standard InChI is InChI=1S/C21H26N4O2S/c1-13(2)11-25-20(27)19-17(10-14(3)22-19)24-21(25)28-12-18(26)23-15(4)16-8-6-5-7-9-16/h5-10,13,15,22H,11-12H2,1-4H3,(H,23,26). The molecule has 0 saturated carbocycles. The van der Waals surface area contributed by atoms with Crippen LogP contribution in [-0.4, -0.2) is 26.2 Å². The van der Waals surface area contributed by atoms with E-state index in [0.717, 1.165) is 11.3 Å². The first-order chi connectivity index (χ1) is 13.3. The van der Waals surface area contributed by atoms with Crippen LogP contribution in [0.3, 0.4) is 0 Å². The number of H-pyrrole nitrogens is 1. The molecule has 3 rings (SSSR count). The Kier molecular flexibility index (Phi) is 6.24. The molecule has 28 heavy (non-hydrogen) atoms. The van der Waals surface area contributed by atoms with Gasteiger partial charge in [-0.05, 0) is 31.4 Å². The molecule has 1 aromatic carbocycles. The van der Waals surface area contributed by atoms with Gasteiger partial charge in [0.2, 0.25) is 5.91 Å². The number of hydrogen-bond donors (Lipinski definition) is 2. The van der Waals surface area contributed by atoms with Crippen LogP contribution in [0.5, 0.6) is 0 Å². The molecule has 148 valence electrons. The first-order valence-corrected chi connectivity index (χ1v) is 10.4. The SMILES string of the molecule is Cc1cc2nc(SCC(=O)NC(C)c3ccccc3)n(CC(C)C)c(=O)c2[nH]1. The number of amides is 1. The Morgan fingerprint density at radius 2 is 1.96 bits per heavy atom. The molecule has 0 spiro atoms. The molecule has 3 aromatic rings. The van der Waals surface area contributed by atoms with E-state index in [9.17, 15) is 9.59 Å². The Balaban J connectivity index is 1.77. The van der Waals surface area contributed by atoms with Gasteiger partial charge in [0.15, 0.2) is 5.16 Å². The largest absolute Gasteiger partial charge is 0.353 e. The first kappa shape index (κ1) is 20.2. The van der Waals surface area contributed by atoms with Crippen molar-refractivity contribution in [3.63, 3.8) is 0 Å². The van der Waals surface area contributed by atoms with Crippen molar-refractivity contribution in [1.29, 1.82) is 0 Å². The van der Waals surface area contributed by atoms with E-state index in [1.165, 1.54) is 11.8 Å². The zero-order valence-electron chi connectivity index (χ0n) is 16.7. The van der Waals surface area contributed by atoms with Crippen molar-refractivity contribution in [2.45, 2.75) is 45.4 Å².